The van der Waals surface area contributed by atoms with E-state index in [0.29, 0.717) is 16.9 Å². The molecule has 4 rings (SSSR count). The Kier molecular flexibility index (Phi) is 12.8. The molecule has 16 heteroatoms. The lowest BCUT2D eigenvalue weighted by Gasteiger charge is -2.25. The van der Waals surface area contributed by atoms with Gasteiger partial charge in [-0.2, -0.15) is 11.8 Å². The molecule has 2 aromatic carbocycles. The minimum Gasteiger partial charge on any atom is -0.481 e. The molecule has 0 radical (unpaired) electrons. The molecule has 1 fully saturated rings. The van der Waals surface area contributed by atoms with E-state index in [4.69, 9.17) is 0 Å². The van der Waals surface area contributed by atoms with E-state index < -0.39 is 84.5 Å². The molecule has 15 nitrogen and oxygen atoms in total. The molecule has 0 spiro atoms. The standard InChI is InChI=1S/C33H38N6O9S/c1-49-12-11-22-29(44)38-25(15-27(40)41)32(47)36-23(13-18-7-3-2-4-8-18)30(45)39-26(16-28(42)43)33(48)37-24(31(46)35-22)14-19-17-34-21-10-6-5-9-20(19)21/h2-10,17,22-26,34H,11-16H2,1H3,(H,35,46)(H,36,47)(H,37,48)(H,38,44)(H,39,45)(H,40,41)(H,42,43)/t22-,23-,24-,25-,26-/m0/s1. The van der Waals surface area contributed by atoms with Gasteiger partial charge in [0, 0.05) is 29.9 Å². The molecular weight excluding hydrogens is 656 g/mol. The van der Waals surface area contributed by atoms with E-state index in [-0.39, 0.29) is 19.3 Å². The topological polar surface area (TPSA) is 236 Å². The zero-order chi connectivity index (χ0) is 35.5. The van der Waals surface area contributed by atoms with Gasteiger partial charge in [0.1, 0.15) is 30.2 Å². The van der Waals surface area contributed by atoms with E-state index in [1.807, 2.05) is 18.2 Å². The molecular formula is C33H38N6O9S. The van der Waals surface area contributed by atoms with Gasteiger partial charge in [0.05, 0.1) is 12.8 Å². The highest BCUT2D eigenvalue weighted by molar-refractivity contribution is 7.98. The number of amides is 5. The third-order valence-corrected chi connectivity index (χ3v) is 8.56. The number of carboxylic acids is 2. The number of hydrogen-bond acceptors (Lipinski definition) is 8. The maximum Gasteiger partial charge on any atom is 0.305 e. The normalized spacial score (nSPS) is 22.5. The first-order chi connectivity index (χ1) is 23.4. The summed E-state index contributed by atoms with van der Waals surface area (Å²) in [4.78, 5) is 95.0. The summed E-state index contributed by atoms with van der Waals surface area (Å²) >= 11 is 1.38. The Morgan fingerprint density at radius 3 is 1.67 bits per heavy atom. The quantitative estimate of drug-likeness (QED) is 0.135. The average Bonchev–Trinajstić information content (AvgIpc) is 3.47. The number of hydrogen-bond donors (Lipinski definition) is 8. The van der Waals surface area contributed by atoms with Crippen molar-refractivity contribution in [3.63, 3.8) is 0 Å². The maximum absolute atomic E-state index is 13.9. The van der Waals surface area contributed by atoms with Crippen LogP contribution in [0, 0.1) is 0 Å². The van der Waals surface area contributed by atoms with Crippen LogP contribution in [-0.4, -0.2) is 98.9 Å². The van der Waals surface area contributed by atoms with Gasteiger partial charge in [-0.3, -0.25) is 33.6 Å². The van der Waals surface area contributed by atoms with Gasteiger partial charge in [-0.1, -0.05) is 48.5 Å². The van der Waals surface area contributed by atoms with Crippen LogP contribution in [-0.2, 0) is 46.4 Å². The highest BCUT2D eigenvalue weighted by Gasteiger charge is 2.36. The number of rotatable bonds is 11. The number of carboxylic acid groups (broad SMARTS) is 2. The molecule has 3 aromatic rings. The van der Waals surface area contributed by atoms with Crippen LogP contribution < -0.4 is 26.6 Å². The number of nitrogens with one attached hydrogen (secondary N) is 6. The summed E-state index contributed by atoms with van der Waals surface area (Å²) in [6.07, 6.45) is 1.64. The number of aromatic amines is 1. The number of aliphatic carboxylic acids is 2. The summed E-state index contributed by atoms with van der Waals surface area (Å²) in [5.74, 6) is -7.01. The average molecular weight is 695 g/mol. The lowest BCUT2D eigenvalue weighted by atomic mass is 10.0. The number of thioether (sulfide) groups is 1. The second-order valence-corrected chi connectivity index (χ2v) is 12.5. The Hall–Kier alpha value is -5.38. The number of carbonyl (C=O) groups is 7. The van der Waals surface area contributed by atoms with Gasteiger partial charge in [-0.25, -0.2) is 0 Å². The number of H-pyrrole nitrogens is 1. The van der Waals surface area contributed by atoms with Gasteiger partial charge in [-0.05, 0) is 35.6 Å². The maximum atomic E-state index is 13.9. The zero-order valence-electron chi connectivity index (χ0n) is 26.6. The van der Waals surface area contributed by atoms with E-state index in [2.05, 4.69) is 31.6 Å². The molecule has 0 aliphatic carbocycles. The van der Waals surface area contributed by atoms with Gasteiger partial charge < -0.3 is 41.8 Å². The molecule has 1 aliphatic rings. The number of aromatic nitrogens is 1. The Morgan fingerprint density at radius 2 is 1.10 bits per heavy atom. The van der Waals surface area contributed by atoms with E-state index in [9.17, 15) is 43.8 Å². The molecule has 1 aliphatic heterocycles. The van der Waals surface area contributed by atoms with Crippen molar-refractivity contribution in [2.75, 3.05) is 12.0 Å². The van der Waals surface area contributed by atoms with Crippen LogP contribution in [0.2, 0.25) is 0 Å². The van der Waals surface area contributed by atoms with Crippen LogP contribution in [0.5, 0.6) is 0 Å². The molecule has 0 saturated carbocycles. The predicted molar refractivity (Wildman–Crippen MR) is 179 cm³/mol. The molecule has 1 saturated heterocycles. The lowest BCUT2D eigenvalue weighted by Crippen LogP contribution is -2.58. The van der Waals surface area contributed by atoms with Crippen molar-refractivity contribution < 1.29 is 43.8 Å². The van der Waals surface area contributed by atoms with Crippen molar-refractivity contribution in [3.8, 4) is 0 Å². The van der Waals surface area contributed by atoms with E-state index >= 15 is 0 Å². The highest BCUT2D eigenvalue weighted by atomic mass is 32.2. The number of para-hydroxylation sites is 1. The summed E-state index contributed by atoms with van der Waals surface area (Å²) in [5.41, 5.74) is 1.99. The van der Waals surface area contributed by atoms with E-state index in [1.165, 1.54) is 11.8 Å². The Morgan fingerprint density at radius 1 is 0.633 bits per heavy atom. The minimum absolute atomic E-state index is 0.0789. The summed E-state index contributed by atoms with van der Waals surface area (Å²) in [6, 6.07) is 8.41. The van der Waals surface area contributed by atoms with Crippen molar-refractivity contribution in [1.82, 2.24) is 31.6 Å². The third kappa shape index (κ3) is 10.3. The fraction of sp³-hybridized carbons (Fsp3) is 0.364. The van der Waals surface area contributed by atoms with Gasteiger partial charge in [0.25, 0.3) is 0 Å². The SMILES string of the molecule is CSCC[C@@H]1NC(=O)[C@H](Cc2c[nH]c3ccccc23)NC(=O)[C@H](CC(=O)O)NC(=O)[C@H](Cc2ccccc2)NC(=O)[C@H](CC(=O)O)NC1=O. The lowest BCUT2D eigenvalue weighted by molar-refractivity contribution is -0.141. The van der Waals surface area contributed by atoms with Crippen LogP contribution in [0.15, 0.2) is 60.8 Å². The first-order valence-corrected chi connectivity index (χ1v) is 16.9. The Labute approximate surface area is 285 Å². The van der Waals surface area contributed by atoms with Gasteiger partial charge in [-0.15, -0.1) is 0 Å². The number of fused-ring (bicyclic) bond motifs is 1. The number of carbonyl (C=O) groups excluding carboxylic acids is 5. The molecule has 8 N–H and O–H groups in total. The molecule has 5 atom stereocenters. The fourth-order valence-corrected chi connectivity index (χ4v) is 5.89. The second-order valence-electron chi connectivity index (χ2n) is 11.5. The van der Waals surface area contributed by atoms with Crippen LogP contribution >= 0.6 is 11.8 Å². The molecule has 5 amide bonds. The molecule has 2 heterocycles. The predicted octanol–water partition coefficient (Wildman–Crippen LogP) is 0.0932. The largest absolute Gasteiger partial charge is 0.481 e. The van der Waals surface area contributed by atoms with E-state index in [0.717, 1.165) is 10.9 Å². The van der Waals surface area contributed by atoms with E-state index in [1.54, 1.807) is 48.9 Å². The van der Waals surface area contributed by atoms with Gasteiger partial charge in [0.15, 0.2) is 0 Å². The van der Waals surface area contributed by atoms with Crippen LogP contribution in [0.3, 0.4) is 0 Å². The Balaban J connectivity index is 1.77. The Bertz CT molecular complexity index is 1700. The smallest absolute Gasteiger partial charge is 0.305 e. The molecule has 0 unspecified atom stereocenters. The summed E-state index contributed by atoms with van der Waals surface area (Å²) in [5, 5.41) is 32.4. The van der Waals surface area contributed by atoms with Crippen LogP contribution in [0.25, 0.3) is 10.9 Å². The summed E-state index contributed by atoms with van der Waals surface area (Å²) in [7, 11) is 0. The van der Waals surface area contributed by atoms with Crippen LogP contribution in [0.4, 0.5) is 0 Å². The first kappa shape index (κ1) is 36.5. The molecule has 0 bridgehead atoms. The van der Waals surface area contributed by atoms with Crippen molar-refractivity contribution in [1.29, 1.82) is 0 Å². The van der Waals surface area contributed by atoms with Crippen molar-refractivity contribution in [2.45, 2.75) is 62.3 Å². The summed E-state index contributed by atoms with van der Waals surface area (Å²) < 4.78 is 0. The number of benzene rings is 2. The highest BCUT2D eigenvalue weighted by Crippen LogP contribution is 2.20. The second kappa shape index (κ2) is 17.1. The molecule has 49 heavy (non-hydrogen) atoms. The van der Waals surface area contributed by atoms with Crippen LogP contribution in [0.1, 0.15) is 30.4 Å². The molecule has 1 aromatic heterocycles. The van der Waals surface area contributed by atoms with Crippen molar-refractivity contribution in [3.05, 3.63) is 71.9 Å². The minimum atomic E-state index is -1.68. The van der Waals surface area contributed by atoms with Crippen molar-refractivity contribution >= 4 is 64.1 Å². The monoisotopic (exact) mass is 694 g/mol. The zero-order valence-corrected chi connectivity index (χ0v) is 27.4. The third-order valence-electron chi connectivity index (χ3n) is 7.91. The van der Waals surface area contributed by atoms with Gasteiger partial charge in [0.2, 0.25) is 29.5 Å². The van der Waals surface area contributed by atoms with Crippen molar-refractivity contribution in [2.24, 2.45) is 0 Å². The fourth-order valence-electron chi connectivity index (χ4n) is 5.42. The summed E-state index contributed by atoms with van der Waals surface area (Å²) in [6.45, 7) is 0. The first-order valence-electron chi connectivity index (χ1n) is 15.5. The molecule has 260 valence electrons. The van der Waals surface area contributed by atoms with Gasteiger partial charge >= 0.3 is 11.9 Å².